The lowest BCUT2D eigenvalue weighted by atomic mass is 10.1. The Labute approximate surface area is 174 Å². The second-order valence-electron chi connectivity index (χ2n) is 6.94. The number of hydrogen-bond donors (Lipinski definition) is 2. The van der Waals surface area contributed by atoms with Gasteiger partial charge in [-0.3, -0.25) is 14.9 Å². The van der Waals surface area contributed by atoms with Crippen LogP contribution < -0.4 is 10.6 Å². The van der Waals surface area contributed by atoms with Crippen molar-refractivity contribution in [3.05, 3.63) is 76.8 Å². The molecule has 0 bridgehead atoms. The Bertz CT molecular complexity index is 952. The monoisotopic (exact) mass is 408 g/mol. The molecule has 150 valence electrons. The highest BCUT2D eigenvalue weighted by molar-refractivity contribution is 7.14. The molecule has 3 rings (SSSR count). The van der Waals surface area contributed by atoms with Crippen LogP contribution in [0.2, 0.25) is 0 Å². The highest BCUT2D eigenvalue weighted by atomic mass is 32.1. The first kappa shape index (κ1) is 20.7. The minimum atomic E-state index is -0.217. The second kappa shape index (κ2) is 9.95. The van der Waals surface area contributed by atoms with Crippen LogP contribution in [-0.4, -0.2) is 42.3 Å². The number of anilines is 2. The van der Waals surface area contributed by atoms with Crippen LogP contribution in [0.5, 0.6) is 0 Å². The fourth-order valence-electron chi connectivity index (χ4n) is 2.68. The first-order valence-corrected chi connectivity index (χ1v) is 10.2. The van der Waals surface area contributed by atoms with Crippen molar-refractivity contribution in [3.8, 4) is 0 Å². The second-order valence-corrected chi connectivity index (χ2v) is 7.80. The molecule has 29 heavy (non-hydrogen) atoms. The van der Waals surface area contributed by atoms with Gasteiger partial charge in [0.2, 0.25) is 5.91 Å². The van der Waals surface area contributed by atoms with Crippen molar-refractivity contribution in [1.29, 1.82) is 0 Å². The third kappa shape index (κ3) is 6.51. The van der Waals surface area contributed by atoms with E-state index < -0.39 is 0 Å². The number of carbonyl (C=O) groups is 2. The normalized spacial score (nSPS) is 10.7. The van der Waals surface area contributed by atoms with E-state index in [0.29, 0.717) is 16.4 Å². The number of nitrogens with zero attached hydrogens (tertiary/aromatic N) is 2. The molecule has 2 amide bonds. The molecule has 3 aromatic rings. The third-order valence-corrected chi connectivity index (χ3v) is 5.04. The van der Waals surface area contributed by atoms with E-state index in [9.17, 15) is 9.59 Å². The topological polar surface area (TPSA) is 74.3 Å². The molecule has 0 atom stereocenters. The molecule has 0 aliphatic rings. The van der Waals surface area contributed by atoms with Gasteiger partial charge in [0.15, 0.2) is 5.13 Å². The lowest BCUT2D eigenvalue weighted by Crippen LogP contribution is -2.16. The molecule has 0 saturated carbocycles. The fraction of sp³-hybridized carbons (Fsp3) is 0.227. The summed E-state index contributed by atoms with van der Waals surface area (Å²) in [5.74, 6) is -0.359. The van der Waals surface area contributed by atoms with Crippen LogP contribution in [0, 0.1) is 0 Å². The van der Waals surface area contributed by atoms with Crippen molar-refractivity contribution >= 4 is 34.0 Å². The summed E-state index contributed by atoms with van der Waals surface area (Å²) in [6, 6.07) is 16.8. The molecule has 1 heterocycles. The molecule has 0 saturated heterocycles. The lowest BCUT2D eigenvalue weighted by molar-refractivity contribution is -0.115. The Morgan fingerprint density at radius 3 is 2.41 bits per heavy atom. The van der Waals surface area contributed by atoms with Gasteiger partial charge in [0, 0.05) is 23.2 Å². The maximum absolute atomic E-state index is 12.3. The van der Waals surface area contributed by atoms with Crippen molar-refractivity contribution in [2.24, 2.45) is 0 Å². The summed E-state index contributed by atoms with van der Waals surface area (Å²) in [7, 11) is 4.09. The maximum atomic E-state index is 12.3. The number of amides is 2. The number of benzene rings is 2. The smallest absolute Gasteiger partial charge is 0.257 e. The summed E-state index contributed by atoms with van der Waals surface area (Å²) < 4.78 is 0. The Hall–Kier alpha value is -3.03. The molecule has 6 nitrogen and oxygen atoms in total. The average molecular weight is 409 g/mol. The Morgan fingerprint density at radius 2 is 1.72 bits per heavy atom. The molecule has 1 aromatic heterocycles. The van der Waals surface area contributed by atoms with E-state index in [-0.39, 0.29) is 18.2 Å². The number of rotatable bonds is 8. The van der Waals surface area contributed by atoms with E-state index in [1.807, 2.05) is 44.4 Å². The zero-order valence-electron chi connectivity index (χ0n) is 16.5. The summed E-state index contributed by atoms with van der Waals surface area (Å²) in [4.78, 5) is 30.9. The number of likely N-dealkylation sites (N-methyl/N-ethyl adjacent to an activating group) is 1. The molecule has 0 radical (unpaired) electrons. The van der Waals surface area contributed by atoms with Gasteiger partial charge in [0.05, 0.1) is 12.1 Å². The van der Waals surface area contributed by atoms with Gasteiger partial charge in [-0.15, -0.1) is 11.3 Å². The highest BCUT2D eigenvalue weighted by Crippen LogP contribution is 2.18. The molecular formula is C22H24N4O2S. The van der Waals surface area contributed by atoms with Crippen LogP contribution >= 0.6 is 11.3 Å². The fourth-order valence-corrected chi connectivity index (χ4v) is 3.39. The minimum absolute atomic E-state index is 0.141. The first-order chi connectivity index (χ1) is 14.0. The van der Waals surface area contributed by atoms with Gasteiger partial charge in [0.1, 0.15) is 0 Å². The van der Waals surface area contributed by atoms with Crippen LogP contribution in [0.1, 0.15) is 21.6 Å². The predicted molar refractivity (Wildman–Crippen MR) is 118 cm³/mol. The average Bonchev–Trinajstić information content (AvgIpc) is 3.14. The highest BCUT2D eigenvalue weighted by Gasteiger charge is 2.11. The molecule has 0 spiro atoms. The Morgan fingerprint density at radius 1 is 1.00 bits per heavy atom. The van der Waals surface area contributed by atoms with Crippen molar-refractivity contribution in [1.82, 2.24) is 9.88 Å². The summed E-state index contributed by atoms with van der Waals surface area (Å²) >= 11 is 1.30. The zero-order valence-corrected chi connectivity index (χ0v) is 17.3. The molecule has 2 N–H and O–H groups in total. The van der Waals surface area contributed by atoms with Crippen LogP contribution in [0.25, 0.3) is 0 Å². The van der Waals surface area contributed by atoms with Crippen LogP contribution in [0.3, 0.4) is 0 Å². The third-order valence-electron chi connectivity index (χ3n) is 4.24. The van der Waals surface area contributed by atoms with E-state index in [1.165, 1.54) is 16.9 Å². The Kier molecular flexibility index (Phi) is 7.10. The summed E-state index contributed by atoms with van der Waals surface area (Å²) in [6.45, 7) is 0.985. The zero-order chi connectivity index (χ0) is 20.6. The quantitative estimate of drug-likeness (QED) is 0.596. The van der Waals surface area contributed by atoms with Gasteiger partial charge >= 0.3 is 0 Å². The summed E-state index contributed by atoms with van der Waals surface area (Å²) in [5.41, 5.74) is 3.18. The summed E-state index contributed by atoms with van der Waals surface area (Å²) in [6.07, 6.45) is 1.12. The number of hydrogen-bond acceptors (Lipinski definition) is 5. The van der Waals surface area contributed by atoms with Gasteiger partial charge in [-0.2, -0.15) is 0 Å². The standard InChI is InChI=1S/C22H24N4O2S/c1-26(2)13-12-16-8-10-18(11-9-16)23-20(27)14-19-15-29-22(24-19)25-21(28)17-6-4-3-5-7-17/h3-11,15H,12-14H2,1-2H3,(H,23,27)(H,24,25,28). The van der Waals surface area contributed by atoms with Gasteiger partial charge in [-0.1, -0.05) is 30.3 Å². The van der Waals surface area contributed by atoms with E-state index >= 15 is 0 Å². The first-order valence-electron chi connectivity index (χ1n) is 9.34. The van der Waals surface area contributed by atoms with Crippen LogP contribution in [0.15, 0.2) is 60.0 Å². The lowest BCUT2D eigenvalue weighted by Gasteiger charge is -2.10. The van der Waals surface area contributed by atoms with Gasteiger partial charge in [0.25, 0.3) is 5.91 Å². The van der Waals surface area contributed by atoms with Crippen LogP contribution in [-0.2, 0) is 17.6 Å². The van der Waals surface area contributed by atoms with Crippen molar-refractivity contribution in [2.45, 2.75) is 12.8 Å². The number of thiazole rings is 1. The number of carbonyl (C=O) groups excluding carboxylic acids is 2. The number of aromatic nitrogens is 1. The molecule has 0 unspecified atom stereocenters. The van der Waals surface area contributed by atoms with Crippen molar-refractivity contribution in [3.63, 3.8) is 0 Å². The van der Waals surface area contributed by atoms with Crippen LogP contribution in [0.4, 0.5) is 10.8 Å². The molecule has 0 aliphatic heterocycles. The van der Waals surface area contributed by atoms with Gasteiger partial charge in [-0.05, 0) is 50.3 Å². The van der Waals surface area contributed by atoms with Crippen molar-refractivity contribution in [2.75, 3.05) is 31.3 Å². The molecule has 7 heteroatoms. The van der Waals surface area contributed by atoms with E-state index in [1.54, 1.807) is 29.6 Å². The SMILES string of the molecule is CN(C)CCc1ccc(NC(=O)Cc2csc(NC(=O)c3ccccc3)n2)cc1. The van der Waals surface area contributed by atoms with Gasteiger partial charge in [-0.25, -0.2) is 4.98 Å². The molecule has 0 fully saturated rings. The number of nitrogens with one attached hydrogen (secondary N) is 2. The molecule has 2 aromatic carbocycles. The summed E-state index contributed by atoms with van der Waals surface area (Å²) in [5, 5.41) is 7.91. The predicted octanol–water partition coefficient (Wildman–Crippen LogP) is 3.68. The minimum Gasteiger partial charge on any atom is -0.326 e. The van der Waals surface area contributed by atoms with Gasteiger partial charge < -0.3 is 10.2 Å². The largest absolute Gasteiger partial charge is 0.326 e. The van der Waals surface area contributed by atoms with E-state index in [4.69, 9.17) is 0 Å². The van der Waals surface area contributed by atoms with E-state index in [2.05, 4.69) is 20.5 Å². The van der Waals surface area contributed by atoms with Crippen molar-refractivity contribution < 1.29 is 9.59 Å². The Balaban J connectivity index is 1.50. The molecule has 0 aliphatic carbocycles. The maximum Gasteiger partial charge on any atom is 0.257 e. The molecular weight excluding hydrogens is 384 g/mol. The van der Waals surface area contributed by atoms with E-state index in [0.717, 1.165) is 18.7 Å².